The number of sulfonamides is 1. The fourth-order valence-electron chi connectivity index (χ4n) is 3.25. The maximum atomic E-state index is 13.7. The summed E-state index contributed by atoms with van der Waals surface area (Å²) in [5.41, 5.74) is 1.46. The number of hydrogen-bond donors (Lipinski definition) is 1. The minimum atomic E-state index is -4.38. The zero-order valence-electron chi connectivity index (χ0n) is 18.9. The Balaban J connectivity index is 2.03. The number of rotatable bonds is 9. The molecule has 0 bridgehead atoms. The van der Waals surface area contributed by atoms with Crippen molar-refractivity contribution in [3.8, 4) is 5.75 Å². The van der Waals surface area contributed by atoms with Crippen molar-refractivity contribution in [1.29, 1.82) is 0 Å². The number of amides is 1. The molecule has 1 aromatic heterocycles. The number of aryl methyl sites for hydroxylation is 2. The molecule has 0 atom stereocenters. The zero-order valence-corrected chi connectivity index (χ0v) is 19.7. The van der Waals surface area contributed by atoms with Crippen LogP contribution < -0.4 is 14.4 Å². The quantitative estimate of drug-likeness (QED) is 0.364. The number of carbonyl (C=O) groups is 1. The van der Waals surface area contributed by atoms with E-state index < -0.39 is 27.4 Å². The smallest absolute Gasteiger partial charge is 0.273 e. The van der Waals surface area contributed by atoms with E-state index in [4.69, 9.17) is 4.74 Å². The number of hydrogen-bond acceptors (Lipinski definition) is 7. The lowest BCUT2D eigenvalue weighted by Crippen LogP contribution is -2.41. The number of carbonyl (C=O) groups excluding carboxylic acids is 1. The van der Waals surface area contributed by atoms with Crippen LogP contribution in [0.1, 0.15) is 16.8 Å². The van der Waals surface area contributed by atoms with Gasteiger partial charge in [0.2, 0.25) is 5.91 Å². The Labute approximate surface area is 197 Å². The summed E-state index contributed by atoms with van der Waals surface area (Å²) in [5.74, 6) is -0.354. The number of methoxy groups -OCH3 is 1. The minimum Gasteiger partial charge on any atom is -0.495 e. The van der Waals surface area contributed by atoms with Crippen molar-refractivity contribution in [2.75, 3.05) is 18.0 Å². The van der Waals surface area contributed by atoms with Crippen LogP contribution in [-0.2, 0) is 21.4 Å². The van der Waals surface area contributed by atoms with Crippen LogP contribution in [0.5, 0.6) is 5.75 Å². The van der Waals surface area contributed by atoms with Crippen LogP contribution in [0, 0.1) is 24.0 Å². The molecule has 0 aliphatic rings. The lowest BCUT2D eigenvalue weighted by Gasteiger charge is -2.26. The maximum Gasteiger partial charge on any atom is 0.273 e. The summed E-state index contributed by atoms with van der Waals surface area (Å²) >= 11 is 0. The second kappa shape index (κ2) is 10.3. The Bertz CT molecular complexity index is 1310. The molecule has 10 nitrogen and oxygen atoms in total. The molecule has 0 fully saturated rings. The third-order valence-corrected chi connectivity index (χ3v) is 6.80. The molecule has 3 rings (SSSR count). The number of aromatic nitrogens is 1. The molecule has 2 aromatic carbocycles. The van der Waals surface area contributed by atoms with E-state index in [0.717, 1.165) is 15.9 Å². The van der Waals surface area contributed by atoms with Crippen LogP contribution in [-0.4, -0.2) is 37.9 Å². The number of pyridine rings is 1. The molecule has 0 saturated carbocycles. The Hall–Kier alpha value is -3.99. The van der Waals surface area contributed by atoms with Gasteiger partial charge in [-0.1, -0.05) is 18.2 Å². The summed E-state index contributed by atoms with van der Waals surface area (Å²) in [5, 5.41) is 14.0. The molecule has 1 amide bonds. The first-order valence-corrected chi connectivity index (χ1v) is 11.7. The molecule has 0 aliphatic carbocycles. The normalized spacial score (nSPS) is 11.0. The maximum absolute atomic E-state index is 13.7. The van der Waals surface area contributed by atoms with Gasteiger partial charge in [-0.2, -0.15) is 0 Å². The highest BCUT2D eigenvalue weighted by molar-refractivity contribution is 7.92. The van der Waals surface area contributed by atoms with Gasteiger partial charge in [0, 0.05) is 17.8 Å². The van der Waals surface area contributed by atoms with Crippen LogP contribution in [0.25, 0.3) is 0 Å². The van der Waals surface area contributed by atoms with E-state index >= 15 is 0 Å². The average Bonchev–Trinajstić information content (AvgIpc) is 2.81. The van der Waals surface area contributed by atoms with Gasteiger partial charge < -0.3 is 10.1 Å². The number of nitro benzene ring substituents is 1. The van der Waals surface area contributed by atoms with E-state index in [2.05, 4.69) is 10.3 Å². The highest BCUT2D eigenvalue weighted by atomic mass is 32.2. The molecular weight excluding hydrogens is 460 g/mol. The molecule has 1 N–H and O–H groups in total. The Morgan fingerprint density at radius 3 is 2.56 bits per heavy atom. The zero-order chi connectivity index (χ0) is 24.9. The van der Waals surface area contributed by atoms with Crippen LogP contribution in [0.3, 0.4) is 0 Å². The number of benzene rings is 2. The monoisotopic (exact) mass is 484 g/mol. The lowest BCUT2D eigenvalue weighted by atomic mass is 10.2. The fourth-order valence-corrected chi connectivity index (χ4v) is 4.69. The van der Waals surface area contributed by atoms with Gasteiger partial charge in [-0.25, -0.2) is 8.42 Å². The Kier molecular flexibility index (Phi) is 7.47. The number of anilines is 1. The predicted molar refractivity (Wildman–Crippen MR) is 126 cm³/mol. The standard InChI is InChI=1S/C23H24N4O6S/c1-16-7-10-22(33-3)21(12-16)26(15-23(28)25-14-18-6-4-5-11-24-18)34(31,32)19-9-8-17(2)20(13-19)27(29)30/h4-13H,14-15H2,1-3H3,(H,25,28). The van der Waals surface area contributed by atoms with Gasteiger partial charge in [0.25, 0.3) is 15.7 Å². The van der Waals surface area contributed by atoms with Crippen molar-refractivity contribution in [3.63, 3.8) is 0 Å². The van der Waals surface area contributed by atoms with E-state index in [0.29, 0.717) is 11.3 Å². The number of nitro groups is 1. The van der Waals surface area contributed by atoms with E-state index in [1.807, 2.05) is 0 Å². The first-order chi connectivity index (χ1) is 16.1. The number of ether oxygens (including phenoxy) is 1. The molecule has 11 heteroatoms. The largest absolute Gasteiger partial charge is 0.495 e. The third-order valence-electron chi connectivity index (χ3n) is 5.05. The highest BCUT2D eigenvalue weighted by Crippen LogP contribution is 2.34. The molecule has 0 unspecified atom stereocenters. The second-order valence-corrected chi connectivity index (χ2v) is 9.35. The van der Waals surface area contributed by atoms with E-state index in [1.165, 1.54) is 26.2 Å². The summed E-state index contributed by atoms with van der Waals surface area (Å²) in [6.07, 6.45) is 1.58. The van der Waals surface area contributed by atoms with Crippen LogP contribution in [0.2, 0.25) is 0 Å². The number of nitrogens with zero attached hydrogens (tertiary/aromatic N) is 3. The van der Waals surface area contributed by atoms with Crippen molar-refractivity contribution in [1.82, 2.24) is 10.3 Å². The highest BCUT2D eigenvalue weighted by Gasteiger charge is 2.31. The minimum absolute atomic E-state index is 0.106. The van der Waals surface area contributed by atoms with Crippen LogP contribution >= 0.6 is 0 Å². The SMILES string of the molecule is COc1ccc(C)cc1N(CC(=O)NCc1ccccn1)S(=O)(=O)c1ccc(C)c([N+](=O)[O-])c1. The van der Waals surface area contributed by atoms with Crippen LogP contribution in [0.4, 0.5) is 11.4 Å². The predicted octanol–water partition coefficient (Wildman–Crippen LogP) is 3.13. The summed E-state index contributed by atoms with van der Waals surface area (Å²) < 4.78 is 33.6. The number of nitrogens with one attached hydrogen (secondary N) is 1. The van der Waals surface area contributed by atoms with Gasteiger partial charge >= 0.3 is 0 Å². The first-order valence-electron chi connectivity index (χ1n) is 10.2. The van der Waals surface area contributed by atoms with Gasteiger partial charge in [0.1, 0.15) is 12.3 Å². The summed E-state index contributed by atoms with van der Waals surface area (Å²) in [6, 6.07) is 13.8. The molecule has 0 aliphatic heterocycles. The fraction of sp³-hybridized carbons (Fsp3) is 0.217. The van der Waals surface area contributed by atoms with Gasteiger partial charge in [0.15, 0.2) is 0 Å². The van der Waals surface area contributed by atoms with Gasteiger partial charge in [-0.15, -0.1) is 0 Å². The van der Waals surface area contributed by atoms with Crippen molar-refractivity contribution in [3.05, 3.63) is 87.7 Å². The summed E-state index contributed by atoms with van der Waals surface area (Å²) in [4.78, 5) is 27.4. The molecule has 0 spiro atoms. The van der Waals surface area contributed by atoms with Crippen LogP contribution in [0.15, 0.2) is 65.7 Å². The molecule has 0 radical (unpaired) electrons. The lowest BCUT2D eigenvalue weighted by molar-refractivity contribution is -0.385. The third kappa shape index (κ3) is 5.49. The Morgan fingerprint density at radius 1 is 1.15 bits per heavy atom. The Morgan fingerprint density at radius 2 is 1.91 bits per heavy atom. The van der Waals surface area contributed by atoms with E-state index in [-0.39, 0.29) is 28.6 Å². The topological polar surface area (TPSA) is 132 Å². The van der Waals surface area contributed by atoms with Crippen molar-refractivity contribution in [2.45, 2.75) is 25.3 Å². The van der Waals surface area contributed by atoms with E-state index in [1.54, 1.807) is 49.5 Å². The van der Waals surface area contributed by atoms with Crippen molar-refractivity contribution >= 4 is 27.3 Å². The van der Waals surface area contributed by atoms with Crippen molar-refractivity contribution < 1.29 is 22.9 Å². The summed E-state index contributed by atoms with van der Waals surface area (Å²) in [7, 11) is -3.00. The molecule has 0 saturated heterocycles. The molecule has 1 heterocycles. The average molecular weight is 485 g/mol. The second-order valence-electron chi connectivity index (χ2n) is 7.49. The molecular formula is C23H24N4O6S. The van der Waals surface area contributed by atoms with Crippen molar-refractivity contribution in [2.24, 2.45) is 0 Å². The van der Waals surface area contributed by atoms with Gasteiger partial charge in [-0.05, 0) is 49.7 Å². The van der Waals surface area contributed by atoms with Gasteiger partial charge in [-0.3, -0.25) is 24.2 Å². The molecule has 3 aromatic rings. The first kappa shape index (κ1) is 24.6. The van der Waals surface area contributed by atoms with Gasteiger partial charge in [0.05, 0.1) is 34.9 Å². The van der Waals surface area contributed by atoms with E-state index in [9.17, 15) is 23.3 Å². The summed E-state index contributed by atoms with van der Waals surface area (Å²) in [6.45, 7) is 2.82. The molecule has 34 heavy (non-hydrogen) atoms. The molecule has 178 valence electrons.